The molecule has 0 amide bonds. The standard InChI is InChI=1S/C16H16N4O/c1-4-7-20-13(10-21)9-14(18-20)12-5-6-16-15(8-12)17-11(2)19(16)3/h4-6,8-10H,1,7H2,2-3H3. The summed E-state index contributed by atoms with van der Waals surface area (Å²) < 4.78 is 3.69. The lowest BCUT2D eigenvalue weighted by Crippen LogP contribution is -2.01. The van der Waals surface area contributed by atoms with Crippen LogP contribution in [-0.2, 0) is 13.6 Å². The van der Waals surface area contributed by atoms with Crippen molar-refractivity contribution >= 4 is 17.3 Å². The minimum absolute atomic E-state index is 0.513. The van der Waals surface area contributed by atoms with Crippen molar-refractivity contribution in [2.24, 2.45) is 7.05 Å². The second-order valence-corrected chi connectivity index (χ2v) is 4.96. The first-order chi connectivity index (χ1) is 10.1. The maximum Gasteiger partial charge on any atom is 0.168 e. The van der Waals surface area contributed by atoms with Gasteiger partial charge >= 0.3 is 0 Å². The number of benzene rings is 1. The third-order valence-electron chi connectivity index (χ3n) is 3.63. The van der Waals surface area contributed by atoms with Crippen LogP contribution in [0.15, 0.2) is 36.9 Å². The van der Waals surface area contributed by atoms with E-state index >= 15 is 0 Å². The summed E-state index contributed by atoms with van der Waals surface area (Å²) in [7, 11) is 1.99. The Labute approximate surface area is 122 Å². The lowest BCUT2D eigenvalue weighted by atomic mass is 10.1. The van der Waals surface area contributed by atoms with Crippen molar-refractivity contribution in [2.45, 2.75) is 13.5 Å². The molecule has 5 nitrogen and oxygen atoms in total. The third kappa shape index (κ3) is 2.16. The van der Waals surface area contributed by atoms with E-state index < -0.39 is 0 Å². The number of aldehydes is 1. The highest BCUT2D eigenvalue weighted by Gasteiger charge is 2.11. The van der Waals surface area contributed by atoms with E-state index in [1.54, 1.807) is 16.8 Å². The molecule has 2 heterocycles. The van der Waals surface area contributed by atoms with E-state index in [2.05, 4.69) is 16.7 Å². The van der Waals surface area contributed by atoms with E-state index in [1.165, 1.54) is 0 Å². The number of hydrogen-bond donors (Lipinski definition) is 0. The fourth-order valence-corrected chi connectivity index (χ4v) is 2.42. The van der Waals surface area contributed by atoms with E-state index in [9.17, 15) is 4.79 Å². The van der Waals surface area contributed by atoms with Gasteiger partial charge in [0.25, 0.3) is 0 Å². The SMILES string of the molecule is C=CCn1nc(-c2ccc3c(c2)nc(C)n3C)cc1C=O. The summed E-state index contributed by atoms with van der Waals surface area (Å²) in [4.78, 5) is 15.6. The summed E-state index contributed by atoms with van der Waals surface area (Å²) in [6.45, 7) is 6.17. The van der Waals surface area contributed by atoms with Gasteiger partial charge in [0.15, 0.2) is 6.29 Å². The normalized spacial score (nSPS) is 11.0. The predicted octanol–water partition coefficient (Wildman–Crippen LogP) is 2.74. The number of aryl methyl sites for hydroxylation is 2. The summed E-state index contributed by atoms with van der Waals surface area (Å²) in [6, 6.07) is 7.81. The Balaban J connectivity index is 2.11. The molecule has 0 unspecified atom stereocenters. The highest BCUT2D eigenvalue weighted by atomic mass is 16.1. The van der Waals surface area contributed by atoms with Gasteiger partial charge < -0.3 is 4.57 Å². The van der Waals surface area contributed by atoms with Gasteiger partial charge in [-0.25, -0.2) is 4.98 Å². The van der Waals surface area contributed by atoms with E-state index in [1.807, 2.05) is 36.7 Å². The van der Waals surface area contributed by atoms with E-state index in [4.69, 9.17) is 0 Å². The monoisotopic (exact) mass is 280 g/mol. The Morgan fingerprint density at radius 3 is 2.86 bits per heavy atom. The molecular weight excluding hydrogens is 264 g/mol. The van der Waals surface area contributed by atoms with Gasteiger partial charge in [-0.2, -0.15) is 5.10 Å². The van der Waals surface area contributed by atoms with Gasteiger partial charge in [-0.15, -0.1) is 6.58 Å². The molecule has 0 aliphatic carbocycles. The van der Waals surface area contributed by atoms with Crippen LogP contribution in [0.4, 0.5) is 0 Å². The number of rotatable bonds is 4. The summed E-state index contributed by atoms with van der Waals surface area (Å²) >= 11 is 0. The van der Waals surface area contributed by atoms with Crippen LogP contribution >= 0.6 is 0 Å². The van der Waals surface area contributed by atoms with E-state index in [-0.39, 0.29) is 0 Å². The van der Waals surface area contributed by atoms with Gasteiger partial charge in [-0.05, 0) is 25.1 Å². The van der Waals surface area contributed by atoms with E-state index in [0.29, 0.717) is 12.2 Å². The number of fused-ring (bicyclic) bond motifs is 1. The highest BCUT2D eigenvalue weighted by Crippen LogP contribution is 2.24. The second kappa shape index (κ2) is 5.01. The predicted molar refractivity (Wildman–Crippen MR) is 82.3 cm³/mol. The first-order valence-corrected chi connectivity index (χ1v) is 6.71. The quantitative estimate of drug-likeness (QED) is 0.545. The van der Waals surface area contributed by atoms with Crippen LogP contribution in [-0.4, -0.2) is 25.6 Å². The number of aromatic nitrogens is 4. The number of nitrogens with zero attached hydrogens (tertiary/aromatic N) is 4. The Kier molecular flexibility index (Phi) is 3.17. The summed E-state index contributed by atoms with van der Waals surface area (Å²) in [5, 5.41) is 4.46. The smallest absolute Gasteiger partial charge is 0.168 e. The lowest BCUT2D eigenvalue weighted by molar-refractivity contribution is 0.111. The van der Waals surface area contributed by atoms with Crippen molar-refractivity contribution in [2.75, 3.05) is 0 Å². The van der Waals surface area contributed by atoms with Crippen molar-refractivity contribution in [3.05, 3.63) is 48.4 Å². The molecule has 5 heteroatoms. The summed E-state index contributed by atoms with van der Waals surface area (Å²) in [6.07, 6.45) is 2.53. The highest BCUT2D eigenvalue weighted by molar-refractivity contribution is 5.83. The molecule has 3 rings (SSSR count). The molecule has 0 fully saturated rings. The van der Waals surface area contributed by atoms with Gasteiger partial charge in [-0.3, -0.25) is 9.48 Å². The van der Waals surface area contributed by atoms with E-state index in [0.717, 1.165) is 34.4 Å². The third-order valence-corrected chi connectivity index (χ3v) is 3.63. The molecule has 0 radical (unpaired) electrons. The zero-order valence-electron chi connectivity index (χ0n) is 12.1. The fourth-order valence-electron chi connectivity index (χ4n) is 2.42. The Bertz CT molecular complexity index is 841. The molecule has 106 valence electrons. The number of hydrogen-bond acceptors (Lipinski definition) is 3. The zero-order chi connectivity index (χ0) is 15.0. The first-order valence-electron chi connectivity index (χ1n) is 6.71. The Hall–Kier alpha value is -2.69. The maximum atomic E-state index is 11.1. The van der Waals surface area contributed by atoms with Crippen LogP contribution in [0.3, 0.4) is 0 Å². The Morgan fingerprint density at radius 2 is 2.14 bits per heavy atom. The molecule has 0 aliphatic heterocycles. The molecule has 21 heavy (non-hydrogen) atoms. The minimum atomic E-state index is 0.513. The second-order valence-electron chi connectivity index (χ2n) is 4.96. The molecular formula is C16H16N4O. The van der Waals surface area contributed by atoms with Crippen molar-refractivity contribution in [3.8, 4) is 11.3 Å². The zero-order valence-corrected chi connectivity index (χ0v) is 12.1. The summed E-state index contributed by atoms with van der Waals surface area (Å²) in [5.41, 5.74) is 4.27. The molecule has 0 saturated heterocycles. The van der Waals surface area contributed by atoms with Crippen LogP contribution in [0.25, 0.3) is 22.3 Å². The molecule has 0 atom stereocenters. The number of imidazole rings is 1. The fraction of sp³-hybridized carbons (Fsp3) is 0.188. The topological polar surface area (TPSA) is 52.7 Å². The van der Waals surface area contributed by atoms with Crippen molar-refractivity contribution in [1.29, 1.82) is 0 Å². The van der Waals surface area contributed by atoms with Crippen LogP contribution in [0.2, 0.25) is 0 Å². The molecule has 2 aromatic heterocycles. The van der Waals surface area contributed by atoms with Crippen LogP contribution in [0.1, 0.15) is 16.3 Å². The van der Waals surface area contributed by atoms with Gasteiger partial charge in [0.05, 0.1) is 23.3 Å². The summed E-state index contributed by atoms with van der Waals surface area (Å²) in [5.74, 6) is 0.966. The van der Waals surface area contributed by atoms with Gasteiger partial charge in [0.2, 0.25) is 0 Å². The molecule has 0 spiro atoms. The van der Waals surface area contributed by atoms with Gasteiger partial charge in [0, 0.05) is 12.6 Å². The van der Waals surface area contributed by atoms with Crippen LogP contribution in [0, 0.1) is 6.92 Å². The Morgan fingerprint density at radius 1 is 1.33 bits per heavy atom. The number of allylic oxidation sites excluding steroid dienone is 1. The molecule has 0 bridgehead atoms. The largest absolute Gasteiger partial charge is 0.331 e. The first kappa shape index (κ1) is 13.3. The molecule has 3 aromatic rings. The van der Waals surface area contributed by atoms with Crippen molar-refractivity contribution < 1.29 is 4.79 Å². The van der Waals surface area contributed by atoms with Crippen molar-refractivity contribution in [3.63, 3.8) is 0 Å². The van der Waals surface area contributed by atoms with Crippen LogP contribution in [0.5, 0.6) is 0 Å². The minimum Gasteiger partial charge on any atom is -0.331 e. The van der Waals surface area contributed by atoms with Gasteiger partial charge in [0.1, 0.15) is 11.5 Å². The average Bonchev–Trinajstić information content (AvgIpc) is 3.01. The molecule has 0 saturated carbocycles. The molecule has 0 aliphatic rings. The molecule has 0 N–H and O–H groups in total. The average molecular weight is 280 g/mol. The van der Waals surface area contributed by atoms with Crippen LogP contribution < -0.4 is 0 Å². The lowest BCUT2D eigenvalue weighted by Gasteiger charge is -1.99. The number of carbonyl (C=O) groups excluding carboxylic acids is 1. The maximum absolute atomic E-state index is 11.1. The molecule has 1 aromatic carbocycles. The number of carbonyl (C=O) groups is 1. The van der Waals surface area contributed by atoms with Crippen molar-refractivity contribution in [1.82, 2.24) is 19.3 Å². The van der Waals surface area contributed by atoms with Gasteiger partial charge in [-0.1, -0.05) is 12.1 Å².